The topological polar surface area (TPSA) is 79.4 Å². The molecule has 0 saturated heterocycles. The van der Waals surface area contributed by atoms with Crippen molar-refractivity contribution in [3.63, 3.8) is 0 Å². The highest BCUT2D eigenvalue weighted by molar-refractivity contribution is 5.87. The maximum absolute atomic E-state index is 9.38. The molecule has 0 spiro atoms. The fourth-order valence-corrected chi connectivity index (χ4v) is 3.05. The molecular formula is C18H20N6. The molecule has 4 rings (SSSR count). The minimum Gasteiger partial charge on any atom is -0.364 e. The van der Waals surface area contributed by atoms with Crippen LogP contribution in [0.1, 0.15) is 48.1 Å². The standard InChI is InChI=1S/C18H20N6/c1-11-13(10-20-24(11)3)8-15-21-14-5-4-12(9-19)16(14)17(22-15)23-18(2)6-7-18/h4,10H,5-8H2,1-3H3,(H,21,22,23). The van der Waals surface area contributed by atoms with E-state index in [0.717, 1.165) is 47.0 Å². The molecule has 0 bridgehead atoms. The summed E-state index contributed by atoms with van der Waals surface area (Å²) in [5, 5.41) is 17.2. The molecule has 1 N–H and O–H groups in total. The minimum absolute atomic E-state index is 0.104. The number of aryl methyl sites for hydroxylation is 1. The zero-order valence-corrected chi connectivity index (χ0v) is 14.2. The lowest BCUT2D eigenvalue weighted by molar-refractivity contribution is 0.737. The second-order valence-electron chi connectivity index (χ2n) is 6.99. The normalized spacial score (nSPS) is 17.2. The fraction of sp³-hybridized carbons (Fsp3) is 0.444. The molecule has 2 aliphatic rings. The van der Waals surface area contributed by atoms with Crippen LogP contribution in [0.15, 0.2) is 12.3 Å². The van der Waals surface area contributed by atoms with Crippen molar-refractivity contribution in [2.75, 3.05) is 5.32 Å². The van der Waals surface area contributed by atoms with Crippen LogP contribution in [-0.4, -0.2) is 25.3 Å². The fourth-order valence-electron chi connectivity index (χ4n) is 3.05. The van der Waals surface area contributed by atoms with E-state index in [9.17, 15) is 5.26 Å². The second kappa shape index (κ2) is 5.17. The van der Waals surface area contributed by atoms with Gasteiger partial charge < -0.3 is 5.32 Å². The van der Waals surface area contributed by atoms with E-state index in [-0.39, 0.29) is 5.54 Å². The molecule has 2 aromatic rings. The van der Waals surface area contributed by atoms with Crippen LogP contribution in [-0.2, 0) is 19.9 Å². The predicted molar refractivity (Wildman–Crippen MR) is 91.3 cm³/mol. The van der Waals surface area contributed by atoms with E-state index in [4.69, 9.17) is 9.97 Å². The van der Waals surface area contributed by atoms with Crippen LogP contribution >= 0.6 is 0 Å². The SMILES string of the molecule is Cc1c(Cc2nc3c(c(NC4(C)CC4)n2)C(C#N)=CC3)cnn1C. The molecule has 24 heavy (non-hydrogen) atoms. The Bertz CT molecular complexity index is 895. The summed E-state index contributed by atoms with van der Waals surface area (Å²) in [6.07, 6.45) is 7.44. The van der Waals surface area contributed by atoms with Crippen molar-refractivity contribution in [3.8, 4) is 6.07 Å². The highest BCUT2D eigenvalue weighted by Crippen LogP contribution is 2.41. The lowest BCUT2D eigenvalue weighted by Crippen LogP contribution is -2.19. The molecule has 1 saturated carbocycles. The third-order valence-electron chi connectivity index (χ3n) is 5.03. The van der Waals surface area contributed by atoms with Gasteiger partial charge >= 0.3 is 0 Å². The van der Waals surface area contributed by atoms with Gasteiger partial charge in [-0.2, -0.15) is 10.4 Å². The van der Waals surface area contributed by atoms with Gasteiger partial charge in [-0.15, -0.1) is 0 Å². The first-order valence-corrected chi connectivity index (χ1v) is 8.25. The van der Waals surface area contributed by atoms with Crippen LogP contribution in [0.25, 0.3) is 5.57 Å². The molecule has 2 aromatic heterocycles. The molecule has 0 amide bonds. The molecular weight excluding hydrogens is 300 g/mol. The van der Waals surface area contributed by atoms with Crippen molar-refractivity contribution in [2.24, 2.45) is 7.05 Å². The van der Waals surface area contributed by atoms with Crippen molar-refractivity contribution < 1.29 is 0 Å². The number of hydrogen-bond acceptors (Lipinski definition) is 5. The molecule has 0 unspecified atom stereocenters. The summed E-state index contributed by atoms with van der Waals surface area (Å²) < 4.78 is 1.86. The quantitative estimate of drug-likeness (QED) is 0.936. The molecule has 2 heterocycles. The smallest absolute Gasteiger partial charge is 0.139 e. The average Bonchev–Trinajstić information content (AvgIpc) is 3.00. The predicted octanol–water partition coefficient (Wildman–Crippen LogP) is 2.54. The third kappa shape index (κ3) is 2.46. The molecule has 2 aliphatic carbocycles. The van der Waals surface area contributed by atoms with E-state index < -0.39 is 0 Å². The number of nitrogens with one attached hydrogen (secondary N) is 1. The lowest BCUT2D eigenvalue weighted by atomic mass is 10.1. The Morgan fingerprint density at radius 3 is 2.79 bits per heavy atom. The number of nitrogens with zero attached hydrogens (tertiary/aromatic N) is 5. The second-order valence-corrected chi connectivity index (χ2v) is 6.99. The van der Waals surface area contributed by atoms with Crippen LogP contribution in [0.2, 0.25) is 0 Å². The van der Waals surface area contributed by atoms with E-state index in [1.807, 2.05) is 24.0 Å². The van der Waals surface area contributed by atoms with Crippen LogP contribution < -0.4 is 5.32 Å². The summed E-state index contributed by atoms with van der Waals surface area (Å²) >= 11 is 0. The molecule has 6 nitrogen and oxygen atoms in total. The zero-order chi connectivity index (χ0) is 16.9. The lowest BCUT2D eigenvalue weighted by Gasteiger charge is -2.17. The zero-order valence-electron chi connectivity index (χ0n) is 14.2. The Morgan fingerprint density at radius 2 is 2.17 bits per heavy atom. The first-order chi connectivity index (χ1) is 11.5. The monoisotopic (exact) mass is 320 g/mol. The Hall–Kier alpha value is -2.68. The van der Waals surface area contributed by atoms with Crippen molar-refractivity contribution in [1.29, 1.82) is 5.26 Å². The van der Waals surface area contributed by atoms with E-state index in [1.165, 1.54) is 0 Å². The average molecular weight is 320 g/mol. The van der Waals surface area contributed by atoms with Crippen LogP contribution in [0.3, 0.4) is 0 Å². The van der Waals surface area contributed by atoms with E-state index in [0.29, 0.717) is 18.4 Å². The van der Waals surface area contributed by atoms with Crippen LogP contribution in [0.4, 0.5) is 5.82 Å². The van der Waals surface area contributed by atoms with Gasteiger partial charge in [0, 0.05) is 36.7 Å². The summed E-state index contributed by atoms with van der Waals surface area (Å²) in [5.41, 5.74) is 4.88. The van der Waals surface area contributed by atoms with Crippen LogP contribution in [0.5, 0.6) is 0 Å². The summed E-state index contributed by atoms with van der Waals surface area (Å²) in [4.78, 5) is 9.48. The van der Waals surface area contributed by atoms with Gasteiger partial charge in [-0.25, -0.2) is 9.97 Å². The summed E-state index contributed by atoms with van der Waals surface area (Å²) in [6, 6.07) is 2.28. The highest BCUT2D eigenvalue weighted by Gasteiger charge is 2.39. The molecule has 0 aromatic carbocycles. The Morgan fingerprint density at radius 1 is 1.38 bits per heavy atom. The third-order valence-corrected chi connectivity index (χ3v) is 5.03. The van der Waals surface area contributed by atoms with Gasteiger partial charge in [0.1, 0.15) is 11.6 Å². The largest absolute Gasteiger partial charge is 0.364 e. The molecule has 0 atom stereocenters. The number of anilines is 1. The van der Waals surface area contributed by atoms with E-state index in [1.54, 1.807) is 0 Å². The first kappa shape index (κ1) is 14.9. The Kier molecular flexibility index (Phi) is 3.20. The minimum atomic E-state index is 0.104. The van der Waals surface area contributed by atoms with Gasteiger partial charge in [-0.1, -0.05) is 6.08 Å². The van der Waals surface area contributed by atoms with Crippen molar-refractivity contribution in [3.05, 3.63) is 40.6 Å². The molecule has 1 fully saturated rings. The number of allylic oxidation sites excluding steroid dienone is 2. The van der Waals surface area contributed by atoms with Gasteiger partial charge in [0.15, 0.2) is 0 Å². The number of fused-ring (bicyclic) bond motifs is 1. The molecule has 122 valence electrons. The van der Waals surface area contributed by atoms with Gasteiger partial charge in [0.05, 0.1) is 29.1 Å². The number of nitriles is 1. The van der Waals surface area contributed by atoms with Crippen molar-refractivity contribution in [2.45, 2.75) is 45.1 Å². The number of aromatic nitrogens is 4. The highest BCUT2D eigenvalue weighted by atomic mass is 15.3. The summed E-state index contributed by atoms with van der Waals surface area (Å²) in [7, 11) is 1.94. The number of rotatable bonds is 4. The van der Waals surface area contributed by atoms with Crippen LogP contribution in [0, 0.1) is 18.3 Å². The van der Waals surface area contributed by atoms with Gasteiger partial charge in [0.2, 0.25) is 0 Å². The molecule has 0 aliphatic heterocycles. The molecule has 6 heteroatoms. The van der Waals surface area contributed by atoms with E-state index >= 15 is 0 Å². The van der Waals surface area contributed by atoms with Gasteiger partial charge in [0.25, 0.3) is 0 Å². The summed E-state index contributed by atoms with van der Waals surface area (Å²) in [5.74, 6) is 1.59. The Labute approximate surface area is 141 Å². The maximum atomic E-state index is 9.38. The van der Waals surface area contributed by atoms with Gasteiger partial charge in [-0.05, 0) is 26.7 Å². The van der Waals surface area contributed by atoms with Crippen molar-refractivity contribution in [1.82, 2.24) is 19.7 Å². The number of hydrogen-bond donors (Lipinski definition) is 1. The van der Waals surface area contributed by atoms with Crippen molar-refractivity contribution >= 4 is 11.4 Å². The molecule has 0 radical (unpaired) electrons. The summed E-state index contributed by atoms with van der Waals surface area (Å²) in [6.45, 7) is 4.24. The van der Waals surface area contributed by atoms with E-state index in [2.05, 4.69) is 30.3 Å². The first-order valence-electron chi connectivity index (χ1n) is 8.25. The Balaban J connectivity index is 1.73. The van der Waals surface area contributed by atoms with Gasteiger partial charge in [-0.3, -0.25) is 4.68 Å². The maximum Gasteiger partial charge on any atom is 0.139 e.